The molecular weight excluding hydrogens is 316 g/mol. The largest absolute Gasteiger partial charge is 0.478 e. The van der Waals surface area contributed by atoms with E-state index in [1.165, 1.54) is 12.1 Å². The molecule has 3 rings (SSSR count). The standard InChI is InChI=1S/C21H16O4/c1-13-5-7-14(8-6-13)17-3-2-4-18(19(17)21(24)25)15-9-11-16(12-10-15)20(22)23/h2-12H,1H3,(H,22,23)(H,24,25). The van der Waals surface area contributed by atoms with Crippen molar-refractivity contribution in [3.63, 3.8) is 0 Å². The number of carboxylic acids is 2. The van der Waals surface area contributed by atoms with Crippen LogP contribution in [0.15, 0.2) is 66.7 Å². The van der Waals surface area contributed by atoms with E-state index in [2.05, 4.69) is 0 Å². The van der Waals surface area contributed by atoms with Gasteiger partial charge in [-0.25, -0.2) is 9.59 Å². The van der Waals surface area contributed by atoms with Crippen LogP contribution in [0.5, 0.6) is 0 Å². The lowest BCUT2D eigenvalue weighted by Crippen LogP contribution is -2.03. The Labute approximate surface area is 145 Å². The summed E-state index contributed by atoms with van der Waals surface area (Å²) in [5, 5.41) is 18.8. The van der Waals surface area contributed by atoms with Crippen LogP contribution in [0, 0.1) is 6.92 Å². The Kier molecular flexibility index (Phi) is 4.35. The summed E-state index contributed by atoms with van der Waals surface area (Å²) in [6.07, 6.45) is 0. The van der Waals surface area contributed by atoms with Gasteiger partial charge in [0.05, 0.1) is 11.1 Å². The van der Waals surface area contributed by atoms with E-state index < -0.39 is 11.9 Å². The first-order valence-electron chi connectivity index (χ1n) is 7.74. The van der Waals surface area contributed by atoms with Gasteiger partial charge < -0.3 is 10.2 Å². The normalized spacial score (nSPS) is 10.4. The van der Waals surface area contributed by atoms with E-state index in [1.807, 2.05) is 37.3 Å². The number of hydrogen-bond acceptors (Lipinski definition) is 2. The summed E-state index contributed by atoms with van der Waals surface area (Å²) in [6.45, 7) is 1.97. The summed E-state index contributed by atoms with van der Waals surface area (Å²) in [4.78, 5) is 22.9. The number of rotatable bonds is 4. The van der Waals surface area contributed by atoms with Crippen LogP contribution < -0.4 is 0 Å². The number of aromatic carboxylic acids is 2. The van der Waals surface area contributed by atoms with Crippen molar-refractivity contribution >= 4 is 11.9 Å². The van der Waals surface area contributed by atoms with E-state index in [9.17, 15) is 14.7 Å². The Bertz CT molecular complexity index is 939. The molecule has 0 radical (unpaired) electrons. The molecule has 124 valence electrons. The molecule has 0 unspecified atom stereocenters. The van der Waals surface area contributed by atoms with Gasteiger partial charge in [-0.3, -0.25) is 0 Å². The molecule has 2 N–H and O–H groups in total. The fourth-order valence-electron chi connectivity index (χ4n) is 2.79. The van der Waals surface area contributed by atoms with E-state index >= 15 is 0 Å². The second kappa shape index (κ2) is 6.61. The predicted octanol–water partition coefficient (Wildman–Crippen LogP) is 4.73. The third kappa shape index (κ3) is 3.28. The molecule has 25 heavy (non-hydrogen) atoms. The van der Waals surface area contributed by atoms with E-state index in [0.717, 1.165) is 11.1 Å². The molecule has 0 aliphatic rings. The average molecular weight is 332 g/mol. The lowest BCUT2D eigenvalue weighted by molar-refractivity contribution is 0.0686. The Morgan fingerprint density at radius 3 is 1.60 bits per heavy atom. The van der Waals surface area contributed by atoms with Crippen molar-refractivity contribution in [1.82, 2.24) is 0 Å². The predicted molar refractivity (Wildman–Crippen MR) is 96.0 cm³/mol. The highest BCUT2D eigenvalue weighted by molar-refractivity contribution is 6.03. The van der Waals surface area contributed by atoms with Crippen LogP contribution in [0.25, 0.3) is 22.3 Å². The Hall–Kier alpha value is -3.40. The molecule has 3 aromatic rings. The second-order valence-corrected chi connectivity index (χ2v) is 5.78. The van der Waals surface area contributed by atoms with Gasteiger partial charge >= 0.3 is 11.9 Å². The third-order valence-corrected chi connectivity index (χ3v) is 4.08. The van der Waals surface area contributed by atoms with E-state index in [1.54, 1.807) is 24.3 Å². The van der Waals surface area contributed by atoms with Crippen molar-refractivity contribution < 1.29 is 19.8 Å². The summed E-state index contributed by atoms with van der Waals surface area (Å²) in [5.74, 6) is -2.04. The first-order chi connectivity index (χ1) is 12.0. The van der Waals surface area contributed by atoms with Gasteiger partial charge in [-0.1, -0.05) is 60.2 Å². The number of aryl methyl sites for hydroxylation is 1. The zero-order valence-corrected chi connectivity index (χ0v) is 13.6. The smallest absolute Gasteiger partial charge is 0.336 e. The maximum Gasteiger partial charge on any atom is 0.336 e. The van der Waals surface area contributed by atoms with Crippen molar-refractivity contribution in [3.8, 4) is 22.3 Å². The minimum atomic E-state index is -1.02. The van der Waals surface area contributed by atoms with Gasteiger partial charge in [-0.15, -0.1) is 0 Å². The van der Waals surface area contributed by atoms with Crippen LogP contribution in [-0.2, 0) is 0 Å². The SMILES string of the molecule is Cc1ccc(-c2cccc(-c3ccc(C(=O)O)cc3)c2C(=O)O)cc1. The number of hydrogen-bond donors (Lipinski definition) is 2. The molecule has 4 heteroatoms. The molecule has 0 aliphatic carbocycles. The molecule has 0 heterocycles. The minimum absolute atomic E-state index is 0.162. The Balaban J connectivity index is 2.17. The highest BCUT2D eigenvalue weighted by Crippen LogP contribution is 2.32. The lowest BCUT2D eigenvalue weighted by atomic mass is 9.91. The molecule has 0 amide bonds. The van der Waals surface area contributed by atoms with Gasteiger partial charge in [0.1, 0.15) is 0 Å². The zero-order valence-electron chi connectivity index (χ0n) is 13.6. The zero-order chi connectivity index (χ0) is 18.0. The van der Waals surface area contributed by atoms with E-state index in [-0.39, 0.29) is 11.1 Å². The first kappa shape index (κ1) is 16.5. The van der Waals surface area contributed by atoms with Crippen LogP contribution >= 0.6 is 0 Å². The van der Waals surface area contributed by atoms with Crippen molar-refractivity contribution in [2.24, 2.45) is 0 Å². The van der Waals surface area contributed by atoms with Gasteiger partial charge in [0.2, 0.25) is 0 Å². The fourth-order valence-corrected chi connectivity index (χ4v) is 2.79. The Morgan fingerprint density at radius 2 is 1.16 bits per heavy atom. The lowest BCUT2D eigenvalue weighted by Gasteiger charge is -2.12. The van der Waals surface area contributed by atoms with Crippen molar-refractivity contribution in [2.45, 2.75) is 6.92 Å². The maximum absolute atomic E-state index is 11.9. The van der Waals surface area contributed by atoms with E-state index in [4.69, 9.17) is 5.11 Å². The maximum atomic E-state index is 11.9. The van der Waals surface area contributed by atoms with Crippen molar-refractivity contribution in [2.75, 3.05) is 0 Å². The van der Waals surface area contributed by atoms with E-state index in [0.29, 0.717) is 16.7 Å². The highest BCUT2D eigenvalue weighted by Gasteiger charge is 2.18. The van der Waals surface area contributed by atoms with Gasteiger partial charge in [0.25, 0.3) is 0 Å². The molecule has 0 fully saturated rings. The van der Waals surface area contributed by atoms with Gasteiger partial charge in [-0.05, 0) is 41.3 Å². The molecule has 0 bridgehead atoms. The molecule has 0 saturated carbocycles. The van der Waals surface area contributed by atoms with Gasteiger partial charge in [0, 0.05) is 0 Å². The quantitative estimate of drug-likeness (QED) is 0.724. The average Bonchev–Trinajstić information content (AvgIpc) is 2.61. The van der Waals surface area contributed by atoms with Crippen molar-refractivity contribution in [1.29, 1.82) is 0 Å². The second-order valence-electron chi connectivity index (χ2n) is 5.78. The number of carbonyl (C=O) groups is 2. The Morgan fingerprint density at radius 1 is 0.680 bits per heavy atom. The van der Waals surface area contributed by atoms with Gasteiger partial charge in [-0.2, -0.15) is 0 Å². The summed E-state index contributed by atoms with van der Waals surface area (Å²) in [6, 6.07) is 19.2. The fraction of sp³-hybridized carbons (Fsp3) is 0.0476. The van der Waals surface area contributed by atoms with Crippen LogP contribution in [0.1, 0.15) is 26.3 Å². The number of carboxylic acid groups (broad SMARTS) is 2. The molecular formula is C21H16O4. The summed E-state index contributed by atoms with van der Waals surface area (Å²) in [5.41, 5.74) is 4.14. The van der Waals surface area contributed by atoms with Crippen LogP contribution in [0.3, 0.4) is 0 Å². The summed E-state index contributed by atoms with van der Waals surface area (Å²) in [7, 11) is 0. The molecule has 4 nitrogen and oxygen atoms in total. The third-order valence-electron chi connectivity index (χ3n) is 4.08. The summed E-state index contributed by atoms with van der Waals surface area (Å²) >= 11 is 0. The molecule has 0 atom stereocenters. The monoisotopic (exact) mass is 332 g/mol. The molecule has 0 aliphatic heterocycles. The minimum Gasteiger partial charge on any atom is -0.478 e. The van der Waals surface area contributed by atoms with Crippen molar-refractivity contribution in [3.05, 3.63) is 83.4 Å². The molecule has 0 spiro atoms. The molecule has 0 aromatic heterocycles. The van der Waals surface area contributed by atoms with Crippen LogP contribution in [0.2, 0.25) is 0 Å². The topological polar surface area (TPSA) is 74.6 Å². The van der Waals surface area contributed by atoms with Gasteiger partial charge in [0.15, 0.2) is 0 Å². The number of benzene rings is 3. The van der Waals surface area contributed by atoms with Crippen LogP contribution in [0.4, 0.5) is 0 Å². The first-order valence-corrected chi connectivity index (χ1v) is 7.74. The molecule has 0 saturated heterocycles. The highest BCUT2D eigenvalue weighted by atomic mass is 16.4. The summed E-state index contributed by atoms with van der Waals surface area (Å²) < 4.78 is 0. The molecule has 3 aromatic carbocycles. The van der Waals surface area contributed by atoms with Crippen LogP contribution in [-0.4, -0.2) is 22.2 Å².